The van der Waals surface area contributed by atoms with Crippen LogP contribution in [0, 0.1) is 0 Å². The fourth-order valence-electron chi connectivity index (χ4n) is 1.79. The van der Waals surface area contributed by atoms with Crippen LogP contribution in [0.4, 0.5) is 0 Å². The van der Waals surface area contributed by atoms with Crippen molar-refractivity contribution in [1.82, 2.24) is 5.32 Å². The number of hydrogen-bond donors (Lipinski definition) is 3. The summed E-state index contributed by atoms with van der Waals surface area (Å²) in [4.78, 5) is 21.5. The molecular weight excluding hydrogens is 232 g/mol. The van der Waals surface area contributed by atoms with Crippen molar-refractivity contribution in [2.45, 2.75) is 64.3 Å². The van der Waals surface area contributed by atoms with Gasteiger partial charge in [-0.3, -0.25) is 9.59 Å². The number of nitrogens with two attached hydrogens (primary N) is 1. The fraction of sp³-hybridized carbons (Fsp3) is 0.846. The Morgan fingerprint density at radius 2 is 1.78 bits per heavy atom. The first-order valence-corrected chi connectivity index (χ1v) is 6.82. The lowest BCUT2D eigenvalue weighted by atomic mass is 10.1. The molecule has 0 aromatic carbocycles. The van der Waals surface area contributed by atoms with Gasteiger partial charge in [0.15, 0.2) is 0 Å². The molecule has 4 N–H and O–H groups in total. The Kier molecular flexibility index (Phi) is 10.3. The molecule has 0 radical (unpaired) electrons. The van der Waals surface area contributed by atoms with Crippen LogP contribution in [0.3, 0.4) is 0 Å². The van der Waals surface area contributed by atoms with Crippen molar-refractivity contribution in [2.75, 3.05) is 6.54 Å². The molecule has 1 atom stereocenters. The predicted octanol–water partition coefficient (Wildman–Crippen LogP) is 1.66. The summed E-state index contributed by atoms with van der Waals surface area (Å²) in [6.45, 7) is 2.90. The molecule has 0 aromatic heterocycles. The van der Waals surface area contributed by atoms with Crippen molar-refractivity contribution in [2.24, 2.45) is 5.73 Å². The zero-order chi connectivity index (χ0) is 13.8. The third-order valence-electron chi connectivity index (χ3n) is 2.91. The largest absolute Gasteiger partial charge is 0.481 e. The Balaban J connectivity index is 3.58. The van der Waals surface area contributed by atoms with Crippen LogP contribution in [0.15, 0.2) is 0 Å². The molecule has 0 heterocycles. The minimum atomic E-state index is -0.900. The second-order valence-electron chi connectivity index (χ2n) is 4.61. The van der Waals surface area contributed by atoms with Crippen molar-refractivity contribution < 1.29 is 14.7 Å². The molecule has 18 heavy (non-hydrogen) atoms. The van der Waals surface area contributed by atoms with Crippen LogP contribution < -0.4 is 11.1 Å². The first-order valence-electron chi connectivity index (χ1n) is 6.82. The number of carboxylic acids is 1. The van der Waals surface area contributed by atoms with E-state index >= 15 is 0 Å². The van der Waals surface area contributed by atoms with E-state index in [1.165, 1.54) is 25.7 Å². The molecule has 5 heteroatoms. The van der Waals surface area contributed by atoms with Crippen molar-refractivity contribution in [1.29, 1.82) is 0 Å². The lowest BCUT2D eigenvalue weighted by molar-refractivity contribution is -0.137. The zero-order valence-electron chi connectivity index (χ0n) is 11.3. The molecule has 0 fully saturated rings. The van der Waals surface area contributed by atoms with E-state index in [0.29, 0.717) is 0 Å². The lowest BCUT2D eigenvalue weighted by Gasteiger charge is -2.14. The Bertz CT molecular complexity index is 244. The molecule has 0 aliphatic rings. The SMILES string of the molecule is CCCCCCCCN[C@H](CCC(=O)O)C(N)=O. The van der Waals surface area contributed by atoms with Crippen molar-refractivity contribution >= 4 is 11.9 Å². The average Bonchev–Trinajstić information content (AvgIpc) is 2.31. The molecule has 1 amide bonds. The van der Waals surface area contributed by atoms with Gasteiger partial charge in [0.2, 0.25) is 5.91 Å². The molecule has 0 saturated carbocycles. The summed E-state index contributed by atoms with van der Waals surface area (Å²) in [7, 11) is 0. The second kappa shape index (κ2) is 11.0. The van der Waals surface area contributed by atoms with Gasteiger partial charge >= 0.3 is 5.97 Å². The Morgan fingerprint density at radius 3 is 2.33 bits per heavy atom. The van der Waals surface area contributed by atoms with Crippen molar-refractivity contribution in [3.8, 4) is 0 Å². The normalized spacial score (nSPS) is 12.3. The maximum atomic E-state index is 11.1. The third-order valence-corrected chi connectivity index (χ3v) is 2.91. The molecule has 0 saturated heterocycles. The van der Waals surface area contributed by atoms with E-state index in [1.807, 2.05) is 0 Å². The highest BCUT2D eigenvalue weighted by Crippen LogP contribution is 2.04. The molecular formula is C13H26N2O3. The maximum Gasteiger partial charge on any atom is 0.303 e. The van der Waals surface area contributed by atoms with Crippen LogP contribution in [0.25, 0.3) is 0 Å². The second-order valence-corrected chi connectivity index (χ2v) is 4.61. The van der Waals surface area contributed by atoms with Crippen LogP contribution in [0.1, 0.15) is 58.3 Å². The average molecular weight is 258 g/mol. The van der Waals surface area contributed by atoms with Gasteiger partial charge in [-0.2, -0.15) is 0 Å². The van der Waals surface area contributed by atoms with Gasteiger partial charge in [-0.25, -0.2) is 0 Å². The monoisotopic (exact) mass is 258 g/mol. The lowest BCUT2D eigenvalue weighted by Crippen LogP contribution is -2.42. The van der Waals surface area contributed by atoms with Crippen LogP contribution in [-0.4, -0.2) is 29.6 Å². The zero-order valence-corrected chi connectivity index (χ0v) is 11.3. The van der Waals surface area contributed by atoms with Gasteiger partial charge in [0.25, 0.3) is 0 Å². The van der Waals surface area contributed by atoms with Crippen LogP contribution in [0.2, 0.25) is 0 Å². The molecule has 0 spiro atoms. The predicted molar refractivity (Wildman–Crippen MR) is 71.2 cm³/mol. The number of carbonyl (C=O) groups excluding carboxylic acids is 1. The summed E-state index contributed by atoms with van der Waals surface area (Å²) >= 11 is 0. The Labute approximate surface area is 109 Å². The highest BCUT2D eigenvalue weighted by Gasteiger charge is 2.15. The number of hydrogen-bond acceptors (Lipinski definition) is 3. The third kappa shape index (κ3) is 10.1. The van der Waals surface area contributed by atoms with Gasteiger partial charge in [0.1, 0.15) is 0 Å². The number of primary amides is 1. The molecule has 0 aliphatic carbocycles. The van der Waals surface area contributed by atoms with Gasteiger partial charge in [-0.05, 0) is 19.4 Å². The van der Waals surface area contributed by atoms with Gasteiger partial charge < -0.3 is 16.2 Å². The van der Waals surface area contributed by atoms with E-state index in [9.17, 15) is 9.59 Å². The van der Waals surface area contributed by atoms with Crippen LogP contribution >= 0.6 is 0 Å². The highest BCUT2D eigenvalue weighted by atomic mass is 16.4. The van der Waals surface area contributed by atoms with Crippen LogP contribution in [-0.2, 0) is 9.59 Å². The summed E-state index contributed by atoms with van der Waals surface area (Å²) in [5.41, 5.74) is 5.21. The number of rotatable bonds is 12. The number of aliphatic carboxylic acids is 1. The highest BCUT2D eigenvalue weighted by molar-refractivity contribution is 5.80. The number of amides is 1. The minimum absolute atomic E-state index is 0.0306. The van der Waals surface area contributed by atoms with E-state index in [0.717, 1.165) is 19.4 Å². The maximum absolute atomic E-state index is 11.1. The summed E-state index contributed by atoms with van der Waals surface area (Å²) in [5, 5.41) is 11.6. The molecule has 106 valence electrons. The Morgan fingerprint density at radius 1 is 1.17 bits per heavy atom. The standard InChI is InChI=1S/C13H26N2O3/c1-2-3-4-5-6-7-10-15-11(13(14)18)8-9-12(16)17/h11,15H,2-10H2,1H3,(H2,14,18)(H,16,17)/t11-/m1/s1. The van der Waals surface area contributed by atoms with Crippen molar-refractivity contribution in [3.63, 3.8) is 0 Å². The van der Waals surface area contributed by atoms with E-state index in [2.05, 4.69) is 12.2 Å². The number of unbranched alkanes of at least 4 members (excludes halogenated alkanes) is 5. The minimum Gasteiger partial charge on any atom is -0.481 e. The first-order chi connectivity index (χ1) is 8.57. The van der Waals surface area contributed by atoms with Gasteiger partial charge in [0, 0.05) is 6.42 Å². The Hall–Kier alpha value is -1.10. The number of carbonyl (C=O) groups is 2. The topological polar surface area (TPSA) is 92.4 Å². The van der Waals surface area contributed by atoms with E-state index in [1.54, 1.807) is 0 Å². The molecule has 0 unspecified atom stereocenters. The summed E-state index contributed by atoms with van der Waals surface area (Å²) in [6.07, 6.45) is 7.35. The summed E-state index contributed by atoms with van der Waals surface area (Å²) < 4.78 is 0. The van der Waals surface area contributed by atoms with Crippen molar-refractivity contribution in [3.05, 3.63) is 0 Å². The molecule has 0 rings (SSSR count). The van der Waals surface area contributed by atoms with Crippen LogP contribution in [0.5, 0.6) is 0 Å². The fourth-order valence-corrected chi connectivity index (χ4v) is 1.79. The quantitative estimate of drug-likeness (QED) is 0.464. The number of nitrogens with one attached hydrogen (secondary N) is 1. The smallest absolute Gasteiger partial charge is 0.303 e. The molecule has 0 bridgehead atoms. The van der Waals surface area contributed by atoms with E-state index in [-0.39, 0.29) is 12.8 Å². The van der Waals surface area contributed by atoms with Gasteiger partial charge in [-0.15, -0.1) is 0 Å². The van der Waals surface area contributed by atoms with E-state index in [4.69, 9.17) is 10.8 Å². The molecule has 5 nitrogen and oxygen atoms in total. The van der Waals surface area contributed by atoms with Gasteiger partial charge in [0.05, 0.1) is 6.04 Å². The van der Waals surface area contributed by atoms with E-state index < -0.39 is 17.9 Å². The first kappa shape index (κ1) is 16.9. The molecule has 0 aromatic rings. The summed E-state index contributed by atoms with van der Waals surface area (Å²) in [6, 6.07) is -0.517. The van der Waals surface area contributed by atoms with Gasteiger partial charge in [-0.1, -0.05) is 39.0 Å². The number of carboxylic acid groups (broad SMARTS) is 1. The summed E-state index contributed by atoms with van der Waals surface area (Å²) in [5.74, 6) is -1.37. The molecule has 0 aliphatic heterocycles.